The quantitative estimate of drug-likeness (QED) is 0.534. The molecular formula is C18H16N4S2. The molecule has 0 fully saturated rings. The minimum atomic E-state index is 0.919. The van der Waals surface area contributed by atoms with E-state index in [1.165, 1.54) is 10.5 Å². The average molecular weight is 352 g/mol. The van der Waals surface area contributed by atoms with E-state index in [2.05, 4.69) is 62.8 Å². The van der Waals surface area contributed by atoms with Gasteiger partial charge in [0.2, 0.25) is 0 Å². The third-order valence-electron chi connectivity index (χ3n) is 3.92. The van der Waals surface area contributed by atoms with Gasteiger partial charge in [0.15, 0.2) is 0 Å². The lowest BCUT2D eigenvalue weighted by atomic mass is 10.1. The van der Waals surface area contributed by atoms with E-state index >= 15 is 0 Å². The van der Waals surface area contributed by atoms with Crippen LogP contribution in [-0.2, 0) is 12.8 Å². The highest BCUT2D eigenvalue weighted by Crippen LogP contribution is 2.26. The highest BCUT2D eigenvalue weighted by molar-refractivity contribution is 7.98. The van der Waals surface area contributed by atoms with Crippen molar-refractivity contribution in [2.45, 2.75) is 17.7 Å². The van der Waals surface area contributed by atoms with Gasteiger partial charge in [-0.15, -0.1) is 22.0 Å². The topological polar surface area (TPSA) is 54.5 Å². The number of aromatic nitrogens is 4. The highest BCUT2D eigenvalue weighted by atomic mass is 32.2. The molecular weight excluding hydrogens is 336 g/mol. The second kappa shape index (κ2) is 6.75. The van der Waals surface area contributed by atoms with Gasteiger partial charge in [0, 0.05) is 16.9 Å². The van der Waals surface area contributed by atoms with Gasteiger partial charge in [0.25, 0.3) is 0 Å². The fourth-order valence-corrected chi connectivity index (χ4v) is 3.83. The van der Waals surface area contributed by atoms with E-state index in [0.717, 1.165) is 39.5 Å². The molecule has 0 saturated carbocycles. The summed E-state index contributed by atoms with van der Waals surface area (Å²) >= 11 is 3.43. The van der Waals surface area contributed by atoms with Crippen LogP contribution in [0.2, 0.25) is 0 Å². The van der Waals surface area contributed by atoms with Crippen LogP contribution in [0.5, 0.6) is 0 Å². The second-order valence-electron chi connectivity index (χ2n) is 5.48. The van der Waals surface area contributed by atoms with Crippen LogP contribution < -0.4 is 0 Å². The van der Waals surface area contributed by atoms with Crippen LogP contribution in [0.4, 0.5) is 0 Å². The Labute approximate surface area is 148 Å². The number of hydrogen-bond donors (Lipinski definition) is 1. The molecule has 2 aromatic heterocycles. The Kier molecular flexibility index (Phi) is 4.32. The van der Waals surface area contributed by atoms with Crippen LogP contribution in [0.3, 0.4) is 0 Å². The molecule has 0 aliphatic rings. The molecule has 1 N–H and O–H groups in total. The smallest absolute Gasteiger partial charge is 0.147 e. The minimum Gasteiger partial charge on any atom is -0.345 e. The average Bonchev–Trinajstić information content (AvgIpc) is 3.29. The number of rotatable bonds is 5. The molecule has 4 aromatic rings. The van der Waals surface area contributed by atoms with Crippen molar-refractivity contribution in [3.05, 3.63) is 59.4 Å². The molecule has 4 nitrogen and oxygen atoms in total. The summed E-state index contributed by atoms with van der Waals surface area (Å²) in [5, 5.41) is 10.7. The van der Waals surface area contributed by atoms with E-state index in [-0.39, 0.29) is 0 Å². The summed E-state index contributed by atoms with van der Waals surface area (Å²) in [7, 11) is 0. The van der Waals surface area contributed by atoms with Crippen molar-refractivity contribution in [3.63, 3.8) is 0 Å². The van der Waals surface area contributed by atoms with Crippen LogP contribution >= 0.6 is 23.1 Å². The van der Waals surface area contributed by atoms with Gasteiger partial charge in [-0.25, -0.2) is 4.98 Å². The molecule has 4 rings (SSSR count). The van der Waals surface area contributed by atoms with Crippen LogP contribution in [0, 0.1) is 0 Å². The Hall–Kier alpha value is -2.18. The number of nitrogens with zero attached hydrogens (tertiary/aromatic N) is 3. The number of nitrogens with one attached hydrogen (secondary N) is 1. The lowest BCUT2D eigenvalue weighted by molar-refractivity contribution is 0.904. The van der Waals surface area contributed by atoms with E-state index in [1.54, 1.807) is 29.4 Å². The summed E-state index contributed by atoms with van der Waals surface area (Å²) in [6, 6.07) is 14.9. The Morgan fingerprint density at radius 2 is 1.92 bits per heavy atom. The number of thioether (sulfide) groups is 1. The van der Waals surface area contributed by atoms with E-state index in [9.17, 15) is 0 Å². The van der Waals surface area contributed by atoms with Crippen molar-refractivity contribution < 1.29 is 0 Å². The number of H-pyrrole nitrogens is 1. The van der Waals surface area contributed by atoms with Gasteiger partial charge >= 0.3 is 0 Å². The standard InChI is InChI=1S/C18H16N4S2/c1-23-14-6-2-12(3-7-14)4-9-17-21-22-18(24-17)13-5-8-15-16(10-13)20-11-19-15/h2-3,5-8,10-11H,4,9H2,1H3,(H,19,20). The zero-order valence-corrected chi connectivity index (χ0v) is 14.8. The Morgan fingerprint density at radius 1 is 1.04 bits per heavy atom. The molecule has 0 atom stereocenters. The van der Waals surface area contributed by atoms with Crippen molar-refractivity contribution in [1.82, 2.24) is 20.2 Å². The zero-order chi connectivity index (χ0) is 16.4. The first-order chi connectivity index (χ1) is 11.8. The maximum absolute atomic E-state index is 4.35. The van der Waals surface area contributed by atoms with Gasteiger partial charge < -0.3 is 4.98 Å². The number of aromatic amines is 1. The van der Waals surface area contributed by atoms with Crippen molar-refractivity contribution in [2.24, 2.45) is 0 Å². The first-order valence-corrected chi connectivity index (χ1v) is 9.75. The van der Waals surface area contributed by atoms with Crippen LogP contribution in [0.25, 0.3) is 21.6 Å². The molecule has 0 bridgehead atoms. The molecule has 2 aromatic carbocycles. The third-order valence-corrected chi connectivity index (χ3v) is 5.70. The predicted octanol–water partition coefficient (Wildman–Crippen LogP) is 4.59. The summed E-state index contributed by atoms with van der Waals surface area (Å²) in [5.74, 6) is 0. The minimum absolute atomic E-state index is 0.919. The van der Waals surface area contributed by atoms with E-state index in [4.69, 9.17) is 0 Å². The largest absolute Gasteiger partial charge is 0.345 e. The van der Waals surface area contributed by atoms with E-state index in [0.29, 0.717) is 0 Å². The summed E-state index contributed by atoms with van der Waals surface area (Å²) in [4.78, 5) is 8.68. The highest BCUT2D eigenvalue weighted by Gasteiger charge is 2.08. The molecule has 24 heavy (non-hydrogen) atoms. The van der Waals surface area contributed by atoms with Crippen molar-refractivity contribution in [2.75, 3.05) is 6.26 Å². The monoisotopic (exact) mass is 352 g/mol. The molecule has 0 unspecified atom stereocenters. The lowest BCUT2D eigenvalue weighted by Gasteiger charge is -2.00. The maximum Gasteiger partial charge on any atom is 0.147 e. The van der Waals surface area contributed by atoms with Gasteiger partial charge in [-0.1, -0.05) is 23.5 Å². The fraction of sp³-hybridized carbons (Fsp3) is 0.167. The van der Waals surface area contributed by atoms with Crippen molar-refractivity contribution >= 4 is 34.1 Å². The SMILES string of the molecule is CSc1ccc(CCc2nnc(-c3ccc4nc[nH]c4c3)s2)cc1. The molecule has 0 amide bonds. The molecule has 0 saturated heterocycles. The molecule has 0 spiro atoms. The van der Waals surface area contributed by atoms with Crippen LogP contribution in [0.15, 0.2) is 53.7 Å². The fourth-order valence-electron chi connectivity index (χ4n) is 2.58. The molecule has 6 heteroatoms. The Balaban J connectivity index is 1.47. The van der Waals surface area contributed by atoms with Gasteiger partial charge in [0.1, 0.15) is 10.0 Å². The molecule has 2 heterocycles. The molecule has 0 aliphatic heterocycles. The first kappa shape index (κ1) is 15.4. The maximum atomic E-state index is 4.35. The second-order valence-corrected chi connectivity index (χ2v) is 7.43. The lowest BCUT2D eigenvalue weighted by Crippen LogP contribution is -1.90. The van der Waals surface area contributed by atoms with Crippen LogP contribution in [-0.4, -0.2) is 26.4 Å². The number of fused-ring (bicyclic) bond motifs is 1. The summed E-state index contributed by atoms with van der Waals surface area (Å²) in [6.45, 7) is 0. The molecule has 0 aliphatic carbocycles. The normalized spacial score (nSPS) is 11.2. The summed E-state index contributed by atoms with van der Waals surface area (Å²) in [5.41, 5.74) is 4.42. The molecule has 120 valence electrons. The van der Waals surface area contributed by atoms with Gasteiger partial charge in [-0.2, -0.15) is 0 Å². The Morgan fingerprint density at radius 3 is 2.75 bits per heavy atom. The third kappa shape index (κ3) is 3.20. The number of benzene rings is 2. The zero-order valence-electron chi connectivity index (χ0n) is 13.2. The first-order valence-electron chi connectivity index (χ1n) is 7.70. The van der Waals surface area contributed by atoms with E-state index in [1.807, 2.05) is 6.07 Å². The van der Waals surface area contributed by atoms with Gasteiger partial charge in [-0.3, -0.25) is 0 Å². The van der Waals surface area contributed by atoms with Crippen LogP contribution in [0.1, 0.15) is 10.6 Å². The summed E-state index contributed by atoms with van der Waals surface area (Å²) in [6.07, 6.45) is 5.71. The van der Waals surface area contributed by atoms with Gasteiger partial charge in [0.05, 0.1) is 17.4 Å². The molecule has 0 radical (unpaired) electrons. The Bertz CT molecular complexity index is 956. The predicted molar refractivity (Wildman–Crippen MR) is 101 cm³/mol. The number of hydrogen-bond acceptors (Lipinski definition) is 5. The number of imidazole rings is 1. The number of aryl methyl sites for hydroxylation is 2. The van der Waals surface area contributed by atoms with Crippen molar-refractivity contribution in [3.8, 4) is 10.6 Å². The van der Waals surface area contributed by atoms with E-state index < -0.39 is 0 Å². The van der Waals surface area contributed by atoms with Gasteiger partial charge in [-0.05, 0) is 48.6 Å². The van der Waals surface area contributed by atoms with Crippen molar-refractivity contribution in [1.29, 1.82) is 0 Å². The summed E-state index contributed by atoms with van der Waals surface area (Å²) < 4.78 is 0.